The maximum absolute atomic E-state index is 5.29. The first kappa shape index (κ1) is 8.07. The Morgan fingerprint density at radius 1 is 1.73 bits per heavy atom. The molecule has 0 aliphatic heterocycles. The van der Waals surface area contributed by atoms with Gasteiger partial charge in [0, 0.05) is 13.1 Å². The number of imidazole rings is 1. The molecule has 1 aromatic rings. The van der Waals surface area contributed by atoms with Gasteiger partial charge in [-0.3, -0.25) is 0 Å². The molecule has 0 fully saturated rings. The summed E-state index contributed by atoms with van der Waals surface area (Å²) in [5.41, 5.74) is 5.28. The van der Waals surface area contributed by atoms with Crippen LogP contribution in [0.2, 0.25) is 0 Å². The number of hydrogen-bond donors (Lipinski definition) is 1. The van der Waals surface area contributed by atoms with Gasteiger partial charge in [-0.1, -0.05) is 0 Å². The summed E-state index contributed by atoms with van der Waals surface area (Å²) < 4.78 is 7.22. The van der Waals surface area contributed by atoms with Gasteiger partial charge in [-0.15, -0.1) is 0 Å². The lowest BCUT2D eigenvalue weighted by Crippen LogP contribution is -2.12. The largest absolute Gasteiger partial charge is 0.476 e. The van der Waals surface area contributed by atoms with Gasteiger partial charge < -0.3 is 15.0 Å². The van der Waals surface area contributed by atoms with Crippen LogP contribution in [0.3, 0.4) is 0 Å². The van der Waals surface area contributed by atoms with Crippen molar-refractivity contribution in [1.82, 2.24) is 9.55 Å². The van der Waals surface area contributed by atoms with E-state index >= 15 is 0 Å². The third kappa shape index (κ3) is 1.94. The predicted octanol–water partition coefficient (Wildman–Crippen LogP) is 0.240. The summed E-state index contributed by atoms with van der Waals surface area (Å²) in [5.74, 6) is 0.790. The van der Waals surface area contributed by atoms with Gasteiger partial charge in [-0.25, -0.2) is 4.98 Å². The Hall–Kier alpha value is -1.03. The number of hydrogen-bond acceptors (Lipinski definition) is 3. The second-order valence-electron chi connectivity index (χ2n) is 2.16. The lowest BCUT2D eigenvalue weighted by Gasteiger charge is -2.05. The summed E-state index contributed by atoms with van der Waals surface area (Å²) in [5, 5.41) is 0. The van der Waals surface area contributed by atoms with E-state index in [1.54, 1.807) is 12.5 Å². The van der Waals surface area contributed by atoms with E-state index in [4.69, 9.17) is 10.5 Å². The summed E-state index contributed by atoms with van der Waals surface area (Å²) in [7, 11) is 0. The van der Waals surface area contributed by atoms with Gasteiger partial charge in [0.15, 0.2) is 0 Å². The van der Waals surface area contributed by atoms with Crippen LogP contribution in [0.25, 0.3) is 0 Å². The van der Waals surface area contributed by atoms with Gasteiger partial charge in [0.05, 0.1) is 12.5 Å². The molecular formula is C7H13N3O. The van der Waals surface area contributed by atoms with Crippen LogP contribution in [-0.2, 0) is 6.54 Å². The van der Waals surface area contributed by atoms with Gasteiger partial charge >= 0.3 is 0 Å². The fraction of sp³-hybridized carbons (Fsp3) is 0.571. The molecule has 0 aromatic carbocycles. The molecular weight excluding hydrogens is 142 g/mol. The molecule has 0 atom stereocenters. The van der Waals surface area contributed by atoms with E-state index in [2.05, 4.69) is 4.98 Å². The molecule has 11 heavy (non-hydrogen) atoms. The summed E-state index contributed by atoms with van der Waals surface area (Å²) in [6.45, 7) is 4.00. The highest BCUT2D eigenvalue weighted by molar-refractivity contribution is 5.05. The first-order chi connectivity index (χ1) is 5.38. The monoisotopic (exact) mass is 155 g/mol. The zero-order chi connectivity index (χ0) is 8.10. The van der Waals surface area contributed by atoms with Gasteiger partial charge in [0.1, 0.15) is 6.61 Å². The minimum atomic E-state index is 0.537. The molecule has 0 amide bonds. The van der Waals surface area contributed by atoms with Gasteiger partial charge in [0.2, 0.25) is 5.88 Å². The van der Waals surface area contributed by atoms with Crippen LogP contribution < -0.4 is 10.5 Å². The quantitative estimate of drug-likeness (QED) is 0.677. The highest BCUT2D eigenvalue weighted by Gasteiger charge is 1.98. The Labute approximate surface area is 66.0 Å². The second kappa shape index (κ2) is 3.98. The molecule has 4 heteroatoms. The van der Waals surface area contributed by atoms with Crippen molar-refractivity contribution in [1.29, 1.82) is 0 Å². The van der Waals surface area contributed by atoms with Crippen molar-refractivity contribution in [3.8, 4) is 5.88 Å². The maximum Gasteiger partial charge on any atom is 0.213 e. The second-order valence-corrected chi connectivity index (χ2v) is 2.16. The van der Waals surface area contributed by atoms with Crippen LogP contribution in [-0.4, -0.2) is 22.7 Å². The van der Waals surface area contributed by atoms with Gasteiger partial charge in [0.25, 0.3) is 0 Å². The Balaban J connectivity index is 2.54. The Bertz CT molecular complexity index is 209. The van der Waals surface area contributed by atoms with E-state index < -0.39 is 0 Å². The standard InChI is InChI=1S/C7H13N3O/c1-2-10-6-9-5-7(10)11-4-3-8/h5-6H,2-4,8H2,1H3. The number of rotatable bonds is 4. The Morgan fingerprint density at radius 2 is 2.55 bits per heavy atom. The number of aryl methyl sites for hydroxylation is 1. The minimum absolute atomic E-state index is 0.537. The molecule has 0 saturated heterocycles. The highest BCUT2D eigenvalue weighted by atomic mass is 16.5. The lowest BCUT2D eigenvalue weighted by molar-refractivity contribution is 0.301. The van der Waals surface area contributed by atoms with Crippen molar-refractivity contribution in [2.45, 2.75) is 13.5 Å². The number of nitrogens with two attached hydrogens (primary N) is 1. The summed E-state index contributed by atoms with van der Waals surface area (Å²) >= 11 is 0. The molecule has 2 N–H and O–H groups in total. The van der Waals surface area contributed by atoms with Crippen molar-refractivity contribution in [2.24, 2.45) is 5.73 Å². The van der Waals surface area contributed by atoms with Crippen LogP contribution in [0, 0.1) is 0 Å². The van der Waals surface area contributed by atoms with Crippen LogP contribution in [0.4, 0.5) is 0 Å². The van der Waals surface area contributed by atoms with Crippen LogP contribution in [0.5, 0.6) is 5.88 Å². The third-order valence-corrected chi connectivity index (χ3v) is 1.38. The van der Waals surface area contributed by atoms with Crippen molar-refractivity contribution in [3.05, 3.63) is 12.5 Å². The first-order valence-electron chi connectivity index (χ1n) is 3.71. The molecule has 1 heterocycles. The molecule has 0 aliphatic carbocycles. The van der Waals surface area contributed by atoms with E-state index in [0.717, 1.165) is 12.4 Å². The van der Waals surface area contributed by atoms with E-state index in [9.17, 15) is 0 Å². The third-order valence-electron chi connectivity index (χ3n) is 1.38. The Morgan fingerprint density at radius 3 is 3.18 bits per heavy atom. The van der Waals surface area contributed by atoms with E-state index in [0.29, 0.717) is 13.2 Å². The molecule has 62 valence electrons. The number of nitrogens with zero attached hydrogens (tertiary/aromatic N) is 2. The molecule has 0 spiro atoms. The normalized spacial score (nSPS) is 10.0. The zero-order valence-corrected chi connectivity index (χ0v) is 6.66. The van der Waals surface area contributed by atoms with Crippen molar-refractivity contribution in [2.75, 3.05) is 13.2 Å². The number of aromatic nitrogens is 2. The molecule has 0 radical (unpaired) electrons. The van der Waals surface area contributed by atoms with Crippen molar-refractivity contribution in [3.63, 3.8) is 0 Å². The minimum Gasteiger partial charge on any atom is -0.476 e. The van der Waals surface area contributed by atoms with E-state index in [1.807, 2.05) is 11.5 Å². The van der Waals surface area contributed by atoms with Crippen molar-refractivity contribution >= 4 is 0 Å². The Kier molecular flexibility index (Phi) is 2.92. The molecule has 1 aromatic heterocycles. The molecule has 1 rings (SSSR count). The van der Waals surface area contributed by atoms with Crippen molar-refractivity contribution < 1.29 is 4.74 Å². The van der Waals surface area contributed by atoms with Crippen LogP contribution >= 0.6 is 0 Å². The average molecular weight is 155 g/mol. The predicted molar refractivity (Wildman–Crippen MR) is 42.5 cm³/mol. The topological polar surface area (TPSA) is 53.1 Å². The fourth-order valence-corrected chi connectivity index (χ4v) is 0.830. The zero-order valence-electron chi connectivity index (χ0n) is 6.66. The maximum atomic E-state index is 5.29. The lowest BCUT2D eigenvalue weighted by atomic mass is 10.6. The van der Waals surface area contributed by atoms with Gasteiger partial charge in [-0.2, -0.15) is 0 Å². The molecule has 0 unspecified atom stereocenters. The highest BCUT2D eigenvalue weighted by Crippen LogP contribution is 2.07. The molecule has 0 saturated carbocycles. The fourth-order valence-electron chi connectivity index (χ4n) is 0.830. The number of ether oxygens (including phenoxy) is 1. The summed E-state index contributed by atoms with van der Waals surface area (Å²) in [6, 6.07) is 0. The molecule has 0 bridgehead atoms. The van der Waals surface area contributed by atoms with Crippen LogP contribution in [0.1, 0.15) is 6.92 Å². The molecule has 0 aliphatic rings. The summed E-state index contributed by atoms with van der Waals surface area (Å²) in [4.78, 5) is 3.94. The van der Waals surface area contributed by atoms with Gasteiger partial charge in [-0.05, 0) is 6.92 Å². The first-order valence-corrected chi connectivity index (χ1v) is 3.71. The average Bonchev–Trinajstić information content (AvgIpc) is 2.47. The smallest absolute Gasteiger partial charge is 0.213 e. The van der Waals surface area contributed by atoms with Crippen LogP contribution in [0.15, 0.2) is 12.5 Å². The molecule has 4 nitrogen and oxygen atoms in total. The van der Waals surface area contributed by atoms with E-state index in [1.165, 1.54) is 0 Å². The summed E-state index contributed by atoms with van der Waals surface area (Å²) in [6.07, 6.45) is 3.44. The SMILES string of the molecule is CCn1cncc1OCCN. The van der Waals surface area contributed by atoms with E-state index in [-0.39, 0.29) is 0 Å².